The van der Waals surface area contributed by atoms with Gasteiger partial charge in [0.1, 0.15) is 6.23 Å². The van der Waals surface area contributed by atoms with E-state index in [1.165, 1.54) is 6.92 Å². The number of nitrogens with zero attached hydrogens (tertiary/aromatic N) is 1. The molecule has 6 heteroatoms. The van der Waals surface area contributed by atoms with Gasteiger partial charge in [0.2, 0.25) is 5.91 Å². The Balaban J connectivity index is 2.15. The van der Waals surface area contributed by atoms with Crippen LogP contribution in [0.25, 0.3) is 0 Å². The van der Waals surface area contributed by atoms with Gasteiger partial charge in [0.25, 0.3) is 0 Å². The molecule has 6 nitrogen and oxygen atoms in total. The normalized spacial score (nSPS) is 18.1. The second kappa shape index (κ2) is 5.71. The van der Waals surface area contributed by atoms with E-state index >= 15 is 0 Å². The number of hydrogen-bond acceptors (Lipinski definition) is 4. The van der Waals surface area contributed by atoms with Crippen LogP contribution in [0.2, 0.25) is 0 Å². The molecule has 102 valence electrons. The lowest BCUT2D eigenvalue weighted by Gasteiger charge is -2.22. The van der Waals surface area contributed by atoms with Gasteiger partial charge in [0.15, 0.2) is 0 Å². The van der Waals surface area contributed by atoms with E-state index in [2.05, 4.69) is 5.32 Å². The summed E-state index contributed by atoms with van der Waals surface area (Å²) >= 11 is 0. The van der Waals surface area contributed by atoms with Crippen LogP contribution in [0.4, 0.5) is 16.2 Å². The number of nitrogen functional groups attached to an aromatic ring is 1. The van der Waals surface area contributed by atoms with Crippen LogP contribution in [0.1, 0.15) is 19.8 Å². The quantitative estimate of drug-likeness (QED) is 0.791. The van der Waals surface area contributed by atoms with Crippen molar-refractivity contribution < 1.29 is 14.3 Å². The maximum Gasteiger partial charge on any atom is 0.330 e. The van der Waals surface area contributed by atoms with Crippen molar-refractivity contribution in [1.82, 2.24) is 5.32 Å². The van der Waals surface area contributed by atoms with Crippen molar-refractivity contribution in [2.75, 3.05) is 17.2 Å². The third-order valence-electron chi connectivity index (χ3n) is 2.86. The first kappa shape index (κ1) is 13.4. The Hall–Kier alpha value is -2.08. The number of carbonyl (C=O) groups is 2. The largest absolute Gasteiger partial charge is 0.399 e. The van der Waals surface area contributed by atoms with E-state index in [9.17, 15) is 9.59 Å². The molecule has 0 aliphatic carbocycles. The lowest BCUT2D eigenvalue weighted by molar-refractivity contribution is -0.115. The highest BCUT2D eigenvalue weighted by molar-refractivity contribution is 6.13. The van der Waals surface area contributed by atoms with Gasteiger partial charge in [0.05, 0.1) is 5.69 Å². The minimum absolute atomic E-state index is 0.324. The minimum atomic E-state index is -0.495. The highest BCUT2D eigenvalue weighted by Gasteiger charge is 2.25. The van der Waals surface area contributed by atoms with E-state index in [1.54, 1.807) is 24.3 Å². The zero-order chi connectivity index (χ0) is 13.8. The number of hydrogen-bond donors (Lipinski definition) is 2. The molecule has 0 aromatic heterocycles. The van der Waals surface area contributed by atoms with Gasteiger partial charge in [-0.05, 0) is 31.0 Å². The van der Waals surface area contributed by atoms with Crippen LogP contribution in [0.5, 0.6) is 0 Å². The van der Waals surface area contributed by atoms with Gasteiger partial charge in [-0.15, -0.1) is 0 Å². The summed E-state index contributed by atoms with van der Waals surface area (Å²) in [5.41, 5.74) is 6.61. The molecule has 1 heterocycles. The molecule has 1 atom stereocenters. The van der Waals surface area contributed by atoms with Gasteiger partial charge >= 0.3 is 6.03 Å². The SMILES string of the molecule is CC(=O)N(C(=O)NC1CCCO1)c1cccc(N)c1. The number of urea groups is 1. The monoisotopic (exact) mass is 263 g/mol. The van der Waals surface area contributed by atoms with E-state index in [0.29, 0.717) is 18.0 Å². The van der Waals surface area contributed by atoms with Gasteiger partial charge in [0, 0.05) is 19.2 Å². The predicted molar refractivity (Wildman–Crippen MR) is 71.5 cm³/mol. The molecule has 0 spiro atoms. The molecular formula is C13H17N3O3. The Morgan fingerprint density at radius 1 is 1.47 bits per heavy atom. The fraction of sp³-hybridized carbons (Fsp3) is 0.385. The molecule has 3 N–H and O–H groups in total. The first-order valence-corrected chi connectivity index (χ1v) is 6.16. The van der Waals surface area contributed by atoms with Crippen molar-refractivity contribution in [3.8, 4) is 0 Å². The van der Waals surface area contributed by atoms with Crippen LogP contribution in [-0.2, 0) is 9.53 Å². The molecule has 0 saturated carbocycles. The standard InChI is InChI=1S/C13H17N3O3/c1-9(17)16(11-5-2-4-10(14)8-11)13(18)15-12-6-3-7-19-12/h2,4-5,8,12H,3,6-7,14H2,1H3,(H,15,18). The van der Waals surface area contributed by atoms with Gasteiger partial charge in [-0.3, -0.25) is 4.79 Å². The third kappa shape index (κ3) is 3.23. The molecular weight excluding hydrogens is 246 g/mol. The minimum Gasteiger partial charge on any atom is -0.399 e. The van der Waals surface area contributed by atoms with E-state index in [-0.39, 0.29) is 12.1 Å². The van der Waals surface area contributed by atoms with Crippen LogP contribution in [0.15, 0.2) is 24.3 Å². The molecule has 1 aliphatic rings. The molecule has 1 fully saturated rings. The Morgan fingerprint density at radius 2 is 2.26 bits per heavy atom. The highest BCUT2D eigenvalue weighted by Crippen LogP contribution is 2.19. The smallest absolute Gasteiger partial charge is 0.330 e. The molecule has 1 aliphatic heterocycles. The van der Waals surface area contributed by atoms with Crippen molar-refractivity contribution in [1.29, 1.82) is 0 Å². The summed E-state index contributed by atoms with van der Waals surface area (Å²) in [6.45, 7) is 1.96. The molecule has 0 bridgehead atoms. The molecule has 1 aromatic carbocycles. The third-order valence-corrected chi connectivity index (χ3v) is 2.86. The number of carbonyl (C=O) groups excluding carboxylic acids is 2. The lowest BCUT2D eigenvalue weighted by Crippen LogP contribution is -2.47. The average Bonchev–Trinajstić information content (AvgIpc) is 2.81. The maximum atomic E-state index is 12.1. The summed E-state index contributed by atoms with van der Waals surface area (Å²) in [5, 5.41) is 2.68. The molecule has 2 rings (SSSR count). The van der Waals surface area contributed by atoms with Crippen molar-refractivity contribution in [2.24, 2.45) is 0 Å². The van der Waals surface area contributed by atoms with Crippen molar-refractivity contribution in [3.05, 3.63) is 24.3 Å². The zero-order valence-electron chi connectivity index (χ0n) is 10.8. The van der Waals surface area contributed by atoms with E-state index in [1.807, 2.05) is 0 Å². The summed E-state index contributed by atoms with van der Waals surface area (Å²) < 4.78 is 5.32. The molecule has 1 saturated heterocycles. The van der Waals surface area contributed by atoms with Gasteiger partial charge in [-0.25, -0.2) is 9.69 Å². The second-order valence-corrected chi connectivity index (χ2v) is 4.40. The van der Waals surface area contributed by atoms with E-state index in [0.717, 1.165) is 17.7 Å². The predicted octanol–water partition coefficient (Wildman–Crippen LogP) is 1.47. The van der Waals surface area contributed by atoms with Gasteiger partial charge in [-0.2, -0.15) is 0 Å². The van der Waals surface area contributed by atoms with Crippen LogP contribution < -0.4 is 16.0 Å². The Morgan fingerprint density at radius 3 is 2.84 bits per heavy atom. The first-order chi connectivity index (χ1) is 9.08. The lowest BCUT2D eigenvalue weighted by atomic mass is 10.2. The number of benzene rings is 1. The molecule has 1 unspecified atom stereocenters. The van der Waals surface area contributed by atoms with Crippen molar-refractivity contribution >= 4 is 23.3 Å². The summed E-state index contributed by atoms with van der Waals surface area (Å²) in [5.74, 6) is -0.374. The fourth-order valence-electron chi connectivity index (χ4n) is 2.00. The Labute approximate surface area is 111 Å². The van der Waals surface area contributed by atoms with Crippen LogP contribution in [0.3, 0.4) is 0 Å². The van der Waals surface area contributed by atoms with Crippen molar-refractivity contribution in [3.63, 3.8) is 0 Å². The second-order valence-electron chi connectivity index (χ2n) is 4.40. The Bertz CT molecular complexity index is 484. The zero-order valence-corrected chi connectivity index (χ0v) is 10.8. The fourth-order valence-corrected chi connectivity index (χ4v) is 2.00. The summed E-state index contributed by atoms with van der Waals surface area (Å²) in [6.07, 6.45) is 1.34. The molecule has 3 amide bonds. The number of nitrogens with one attached hydrogen (secondary N) is 1. The first-order valence-electron chi connectivity index (χ1n) is 6.16. The maximum absolute atomic E-state index is 12.1. The number of imide groups is 1. The number of amides is 3. The van der Waals surface area contributed by atoms with Gasteiger partial charge in [-0.1, -0.05) is 6.07 Å². The molecule has 0 radical (unpaired) electrons. The van der Waals surface area contributed by atoms with E-state index in [4.69, 9.17) is 10.5 Å². The van der Waals surface area contributed by atoms with Crippen LogP contribution >= 0.6 is 0 Å². The van der Waals surface area contributed by atoms with Gasteiger partial charge < -0.3 is 15.8 Å². The van der Waals surface area contributed by atoms with Crippen molar-refractivity contribution in [2.45, 2.75) is 26.0 Å². The Kier molecular flexibility index (Phi) is 4.01. The van der Waals surface area contributed by atoms with Crippen LogP contribution in [0, 0.1) is 0 Å². The summed E-state index contributed by atoms with van der Waals surface area (Å²) in [6, 6.07) is 6.13. The number of nitrogens with two attached hydrogens (primary N) is 1. The van der Waals surface area contributed by atoms with E-state index < -0.39 is 6.03 Å². The average molecular weight is 263 g/mol. The van der Waals surface area contributed by atoms with Crippen LogP contribution in [-0.4, -0.2) is 24.8 Å². The number of anilines is 2. The summed E-state index contributed by atoms with van der Waals surface area (Å²) in [7, 11) is 0. The number of rotatable bonds is 2. The summed E-state index contributed by atoms with van der Waals surface area (Å²) in [4.78, 5) is 24.8. The number of ether oxygens (including phenoxy) is 1. The molecule has 1 aromatic rings. The topological polar surface area (TPSA) is 84.7 Å². The molecule has 19 heavy (non-hydrogen) atoms. The highest BCUT2D eigenvalue weighted by atomic mass is 16.5.